The summed E-state index contributed by atoms with van der Waals surface area (Å²) in [5.74, 6) is 0.509. The van der Waals surface area contributed by atoms with Crippen molar-refractivity contribution in [3.63, 3.8) is 0 Å². The summed E-state index contributed by atoms with van der Waals surface area (Å²) in [6.07, 6.45) is 6.48. The lowest BCUT2D eigenvalue weighted by Gasteiger charge is -2.23. The molecule has 34 heavy (non-hydrogen) atoms. The lowest BCUT2D eigenvalue weighted by molar-refractivity contribution is -0.124. The van der Waals surface area contributed by atoms with Gasteiger partial charge in [0.15, 0.2) is 11.0 Å². The van der Waals surface area contributed by atoms with Crippen molar-refractivity contribution in [3.05, 3.63) is 56.6 Å². The van der Waals surface area contributed by atoms with Gasteiger partial charge < -0.3 is 16.4 Å². The van der Waals surface area contributed by atoms with Gasteiger partial charge in [-0.05, 0) is 30.7 Å². The van der Waals surface area contributed by atoms with Crippen LogP contribution in [-0.2, 0) is 16.8 Å². The minimum atomic E-state index is -0.662. The van der Waals surface area contributed by atoms with Crippen LogP contribution in [-0.4, -0.2) is 27.8 Å². The fourth-order valence-electron chi connectivity index (χ4n) is 5.15. The van der Waals surface area contributed by atoms with Gasteiger partial charge >= 0.3 is 0 Å². The van der Waals surface area contributed by atoms with Crippen molar-refractivity contribution in [1.29, 1.82) is 5.41 Å². The number of rotatable bonds is 7. The van der Waals surface area contributed by atoms with Gasteiger partial charge in [-0.3, -0.25) is 19.6 Å². The molecule has 9 heteroatoms. The molecule has 2 heterocycles. The lowest BCUT2D eigenvalue weighted by Crippen LogP contribution is -2.37. The molecule has 1 unspecified atom stereocenters. The second kappa shape index (κ2) is 9.78. The number of anilines is 1. The molecule has 1 aliphatic carbocycles. The minimum Gasteiger partial charge on any atom is -0.384 e. The van der Waals surface area contributed by atoms with E-state index >= 15 is 0 Å². The van der Waals surface area contributed by atoms with E-state index in [1.807, 2.05) is 26.0 Å². The van der Waals surface area contributed by atoms with E-state index in [0.29, 0.717) is 36.7 Å². The highest BCUT2D eigenvalue weighted by atomic mass is 35.5. The Hall–Kier alpha value is -2.87. The number of amides is 1. The number of hydrogen-bond acceptors (Lipinski definition) is 5. The summed E-state index contributed by atoms with van der Waals surface area (Å²) in [4.78, 5) is 31.0. The second-order valence-electron chi connectivity index (χ2n) is 10.1. The largest absolute Gasteiger partial charge is 0.384 e. The average Bonchev–Trinajstić information content (AvgIpc) is 3.11. The first-order valence-corrected chi connectivity index (χ1v) is 12.3. The van der Waals surface area contributed by atoms with E-state index in [4.69, 9.17) is 22.7 Å². The highest BCUT2D eigenvalue weighted by Gasteiger charge is 2.44. The zero-order valence-electron chi connectivity index (χ0n) is 19.8. The Morgan fingerprint density at radius 1 is 1.24 bits per heavy atom. The molecule has 2 aromatic rings. The highest BCUT2D eigenvalue weighted by molar-refractivity contribution is 6.30. The lowest BCUT2D eigenvalue weighted by atomic mass is 9.87. The number of hydrogen-bond donors (Lipinski definition) is 4. The van der Waals surface area contributed by atoms with Crippen LogP contribution in [0.4, 0.5) is 5.82 Å². The molecule has 1 aromatic heterocycles. The summed E-state index contributed by atoms with van der Waals surface area (Å²) in [7, 11) is 0. The molecule has 0 spiro atoms. The zero-order valence-corrected chi connectivity index (χ0v) is 20.5. The first-order valence-electron chi connectivity index (χ1n) is 11.9. The number of nitrogens with two attached hydrogens (primary N) is 1. The fraction of sp³-hybridized carbons (Fsp3) is 0.520. The molecule has 2 aliphatic rings. The Morgan fingerprint density at radius 2 is 1.91 bits per heavy atom. The summed E-state index contributed by atoms with van der Waals surface area (Å²) in [6.45, 7) is 4.96. The van der Waals surface area contributed by atoms with Gasteiger partial charge in [0.2, 0.25) is 5.91 Å². The van der Waals surface area contributed by atoms with Crippen LogP contribution < -0.4 is 21.9 Å². The number of nitrogens with one attached hydrogen (secondary N) is 3. The van der Waals surface area contributed by atoms with E-state index in [2.05, 4.69) is 15.6 Å². The van der Waals surface area contributed by atoms with Gasteiger partial charge in [-0.15, -0.1) is 0 Å². The van der Waals surface area contributed by atoms with Crippen LogP contribution in [0, 0.1) is 11.3 Å². The van der Waals surface area contributed by atoms with Gasteiger partial charge in [-0.1, -0.05) is 69.0 Å². The molecule has 0 bridgehead atoms. The van der Waals surface area contributed by atoms with E-state index in [9.17, 15) is 9.59 Å². The highest BCUT2D eigenvalue weighted by Crippen LogP contribution is 2.42. The summed E-state index contributed by atoms with van der Waals surface area (Å²) >= 11 is 6.57. The molecule has 1 aromatic carbocycles. The maximum Gasteiger partial charge on any atom is 0.294 e. The number of benzene rings is 1. The molecule has 1 atom stereocenters. The molecule has 4 rings (SSSR count). The first kappa shape index (κ1) is 24.3. The smallest absolute Gasteiger partial charge is 0.294 e. The Labute approximate surface area is 204 Å². The number of carbonyl (C=O) groups excluding carboxylic acids is 1. The standard InChI is InChI=1S/C25H33ClN6O2/c1-25(2)12-18(23(33)30-14-16-8-10-17(11-9-16)21(27)28)32-19(25)20(26)31-22(24(32)34)29-13-15-6-4-3-5-7-15/h8-11,15,18H,3-7,12-14H2,1-2H3,(H3,27,28)(H,29,31)(H,30,33). The number of aromatic nitrogens is 2. The molecule has 182 valence electrons. The molecule has 5 N–H and O–H groups in total. The molecule has 1 fully saturated rings. The predicted octanol–water partition coefficient (Wildman–Crippen LogP) is 3.71. The first-order chi connectivity index (χ1) is 16.2. The van der Waals surface area contributed by atoms with Crippen molar-refractivity contribution < 1.29 is 4.79 Å². The molecule has 1 aliphatic heterocycles. The third-order valence-electron chi connectivity index (χ3n) is 7.04. The van der Waals surface area contributed by atoms with Crippen molar-refractivity contribution in [2.45, 2.75) is 70.4 Å². The SMILES string of the molecule is CC1(C)CC(C(=O)NCc2ccc(C(=N)N)cc2)n2c1c(Cl)nc(NCC1CCCCC1)c2=O. The Morgan fingerprint density at radius 3 is 2.56 bits per heavy atom. The van der Waals surface area contributed by atoms with E-state index in [-0.39, 0.29) is 28.3 Å². The maximum atomic E-state index is 13.4. The molecule has 1 saturated carbocycles. The third-order valence-corrected chi connectivity index (χ3v) is 7.30. The topological polar surface area (TPSA) is 126 Å². The Bertz CT molecular complexity index is 1140. The van der Waals surface area contributed by atoms with Gasteiger partial charge in [0.05, 0.1) is 5.69 Å². The van der Waals surface area contributed by atoms with Crippen molar-refractivity contribution in [3.8, 4) is 0 Å². The normalized spacial score (nSPS) is 19.4. The van der Waals surface area contributed by atoms with E-state index in [1.54, 1.807) is 12.1 Å². The number of nitrogen functional groups attached to an aromatic ring is 1. The summed E-state index contributed by atoms with van der Waals surface area (Å²) in [6, 6.07) is 6.48. The number of amidine groups is 1. The number of nitrogens with zero attached hydrogens (tertiary/aromatic N) is 2. The average molecular weight is 485 g/mol. The van der Waals surface area contributed by atoms with Gasteiger partial charge in [0.25, 0.3) is 5.56 Å². The Kier molecular flexibility index (Phi) is 6.98. The monoisotopic (exact) mass is 484 g/mol. The van der Waals surface area contributed by atoms with E-state index in [1.165, 1.54) is 23.8 Å². The van der Waals surface area contributed by atoms with E-state index in [0.717, 1.165) is 18.4 Å². The molecule has 1 amide bonds. The van der Waals surface area contributed by atoms with E-state index < -0.39 is 11.5 Å². The summed E-state index contributed by atoms with van der Waals surface area (Å²) in [5, 5.41) is 13.9. The zero-order chi connectivity index (χ0) is 24.5. The summed E-state index contributed by atoms with van der Waals surface area (Å²) < 4.78 is 1.53. The van der Waals surface area contributed by atoms with Crippen molar-refractivity contribution in [1.82, 2.24) is 14.9 Å². The van der Waals surface area contributed by atoms with Gasteiger partial charge in [-0.25, -0.2) is 4.98 Å². The third kappa shape index (κ3) is 4.97. The maximum absolute atomic E-state index is 13.4. The van der Waals surface area contributed by atoms with Crippen LogP contribution in [0.1, 0.15) is 75.2 Å². The summed E-state index contributed by atoms with van der Waals surface area (Å²) in [5.41, 5.74) is 6.85. The van der Waals surface area contributed by atoms with Gasteiger partial charge in [-0.2, -0.15) is 0 Å². The van der Waals surface area contributed by atoms with Gasteiger partial charge in [0.1, 0.15) is 11.9 Å². The molecular formula is C25H33ClN6O2. The fourth-order valence-corrected chi connectivity index (χ4v) is 5.59. The predicted molar refractivity (Wildman–Crippen MR) is 135 cm³/mol. The van der Waals surface area contributed by atoms with Crippen LogP contribution >= 0.6 is 11.6 Å². The molecule has 8 nitrogen and oxygen atoms in total. The van der Waals surface area contributed by atoms with Crippen LogP contribution in [0.3, 0.4) is 0 Å². The molecule has 0 radical (unpaired) electrons. The van der Waals surface area contributed by atoms with Crippen molar-refractivity contribution >= 4 is 29.2 Å². The second-order valence-corrected chi connectivity index (χ2v) is 10.5. The number of halogens is 1. The molecular weight excluding hydrogens is 452 g/mol. The quantitative estimate of drug-likeness (QED) is 0.352. The van der Waals surface area contributed by atoms with Gasteiger partial charge in [0, 0.05) is 24.1 Å². The molecule has 0 saturated heterocycles. The van der Waals surface area contributed by atoms with Crippen molar-refractivity contribution in [2.75, 3.05) is 11.9 Å². The Balaban J connectivity index is 1.53. The minimum absolute atomic E-state index is 0.00172. The van der Waals surface area contributed by atoms with Crippen molar-refractivity contribution in [2.24, 2.45) is 11.7 Å². The van der Waals surface area contributed by atoms with Crippen LogP contribution in [0.25, 0.3) is 0 Å². The number of fused-ring (bicyclic) bond motifs is 1. The van der Waals surface area contributed by atoms with Crippen LogP contribution in [0.5, 0.6) is 0 Å². The van der Waals surface area contributed by atoms with Crippen LogP contribution in [0.15, 0.2) is 29.1 Å². The number of carbonyl (C=O) groups is 1. The van der Waals surface area contributed by atoms with Crippen LogP contribution in [0.2, 0.25) is 5.15 Å².